The molecule has 0 spiro atoms. The van der Waals surface area contributed by atoms with Crippen LogP contribution in [0.1, 0.15) is 27.7 Å². The maximum atomic E-state index is 10.9. The Kier molecular flexibility index (Phi) is 9.90. The van der Waals surface area contributed by atoms with E-state index in [-0.39, 0.29) is 31.0 Å². The number of aliphatic imine (C=N–C) groups is 2. The van der Waals surface area contributed by atoms with Crippen LogP contribution in [0.25, 0.3) is 22.1 Å². The molecule has 0 aliphatic rings. The monoisotopic (exact) mass is 528 g/mol. The molecule has 0 N–H and O–H groups in total. The first-order valence-corrected chi connectivity index (χ1v) is 11.0. The molecule has 0 fully saturated rings. The molecule has 2 heterocycles. The van der Waals surface area contributed by atoms with E-state index in [1.807, 2.05) is 36.4 Å². The molecule has 4 rings (SSSR count). The van der Waals surface area contributed by atoms with Gasteiger partial charge in [-0.05, 0) is 38.1 Å². The van der Waals surface area contributed by atoms with Crippen molar-refractivity contribution in [2.24, 2.45) is 9.98 Å². The first-order chi connectivity index (χ1) is 15.3. The normalized spacial score (nSPS) is 13.0. The zero-order valence-electron chi connectivity index (χ0n) is 18.6. The number of benzene rings is 2. The molecule has 0 bridgehead atoms. The summed E-state index contributed by atoms with van der Waals surface area (Å²) >= 11 is 2.32. The summed E-state index contributed by atoms with van der Waals surface area (Å²) in [4.78, 5) is 8.69. The zero-order chi connectivity index (χ0) is 23.1. The third kappa shape index (κ3) is 7.59. The van der Waals surface area contributed by atoms with Crippen molar-refractivity contribution in [3.63, 3.8) is 0 Å². The van der Waals surface area contributed by atoms with Crippen molar-refractivity contribution in [1.29, 1.82) is 0 Å². The van der Waals surface area contributed by atoms with Crippen LogP contribution in [0.15, 0.2) is 70.1 Å². The Labute approximate surface area is 212 Å². The molecule has 0 unspecified atom stereocenters. The minimum Gasteiger partial charge on any atom is -0.876 e. The van der Waals surface area contributed by atoms with E-state index in [1.165, 1.54) is 26.0 Å². The molecule has 164 valence electrons. The molecule has 33 heavy (non-hydrogen) atoms. The largest absolute Gasteiger partial charge is 2.00 e. The quantitative estimate of drug-likeness (QED) is 0.223. The standard InChI is InChI=1S/2C11H11N3OS.Zn/c2*1-7(6-8(2)15)12-9-4-3-5-10-11(9)14-16-13-10;/h2*3-6,15H,1-2H3;/q;;+2/p-2/b2*8-6-,12-7?;. The average Bonchev–Trinajstić information content (AvgIpc) is 3.37. The van der Waals surface area contributed by atoms with Gasteiger partial charge in [0.1, 0.15) is 22.1 Å². The van der Waals surface area contributed by atoms with Crippen LogP contribution in [0.2, 0.25) is 0 Å². The Hall–Kier alpha value is -2.88. The summed E-state index contributed by atoms with van der Waals surface area (Å²) in [5.41, 5.74) is 6.08. The molecule has 0 aliphatic heterocycles. The van der Waals surface area contributed by atoms with Crippen molar-refractivity contribution in [2.75, 3.05) is 0 Å². The molecule has 0 amide bonds. The molecule has 2 aromatic carbocycles. The van der Waals surface area contributed by atoms with Gasteiger partial charge in [0.05, 0.1) is 34.8 Å². The van der Waals surface area contributed by atoms with Crippen molar-refractivity contribution in [3.8, 4) is 0 Å². The van der Waals surface area contributed by atoms with Gasteiger partial charge in [-0.15, -0.1) is 11.5 Å². The number of hydrogen-bond acceptors (Lipinski definition) is 10. The van der Waals surface area contributed by atoms with Crippen LogP contribution >= 0.6 is 23.5 Å². The fourth-order valence-electron chi connectivity index (χ4n) is 2.80. The van der Waals surface area contributed by atoms with Crippen LogP contribution in [-0.2, 0) is 19.5 Å². The van der Waals surface area contributed by atoms with Gasteiger partial charge < -0.3 is 10.2 Å². The minimum atomic E-state index is -0.00942. The van der Waals surface area contributed by atoms with Crippen molar-refractivity contribution in [1.82, 2.24) is 17.5 Å². The van der Waals surface area contributed by atoms with Gasteiger partial charge in [0.25, 0.3) is 0 Å². The molecule has 0 atom stereocenters. The Morgan fingerprint density at radius 2 is 1.09 bits per heavy atom. The summed E-state index contributed by atoms with van der Waals surface area (Å²) in [5.74, 6) is -0.0188. The van der Waals surface area contributed by atoms with Crippen molar-refractivity contribution < 1.29 is 29.7 Å². The van der Waals surface area contributed by atoms with Crippen molar-refractivity contribution in [3.05, 3.63) is 60.1 Å². The van der Waals surface area contributed by atoms with E-state index in [1.54, 1.807) is 13.8 Å². The molecule has 0 radical (unpaired) electrons. The predicted octanol–water partition coefficient (Wildman–Crippen LogP) is 4.09. The summed E-state index contributed by atoms with van der Waals surface area (Å²) in [7, 11) is 0. The van der Waals surface area contributed by atoms with Gasteiger partial charge in [0.2, 0.25) is 0 Å². The zero-order valence-corrected chi connectivity index (χ0v) is 23.2. The molecule has 0 saturated heterocycles. The minimum absolute atomic E-state index is 0. The smallest absolute Gasteiger partial charge is 0.876 e. The maximum Gasteiger partial charge on any atom is 2.00 e. The molecular formula is C22H20N6O2S2Zn. The number of allylic oxidation sites excluding steroid dienone is 4. The van der Waals surface area contributed by atoms with Crippen molar-refractivity contribution >= 4 is 68.3 Å². The van der Waals surface area contributed by atoms with Gasteiger partial charge in [0.15, 0.2) is 0 Å². The van der Waals surface area contributed by atoms with Crippen molar-refractivity contribution in [2.45, 2.75) is 27.7 Å². The molecule has 0 saturated carbocycles. The van der Waals surface area contributed by atoms with Crippen LogP contribution in [0.4, 0.5) is 11.4 Å². The van der Waals surface area contributed by atoms with Crippen LogP contribution in [-0.4, -0.2) is 28.9 Å². The van der Waals surface area contributed by atoms with E-state index in [4.69, 9.17) is 0 Å². The summed E-state index contributed by atoms with van der Waals surface area (Å²) < 4.78 is 16.6. The molecule has 4 aromatic rings. The number of aromatic nitrogens is 4. The Bertz CT molecular complexity index is 1250. The third-order valence-corrected chi connectivity index (χ3v) is 5.03. The second-order valence-corrected chi connectivity index (χ2v) is 7.89. The molecule has 8 nitrogen and oxygen atoms in total. The summed E-state index contributed by atoms with van der Waals surface area (Å²) in [6, 6.07) is 11.3. The van der Waals surface area contributed by atoms with E-state index < -0.39 is 0 Å². The summed E-state index contributed by atoms with van der Waals surface area (Å²) in [6.45, 7) is 6.59. The SMILES string of the molecule is CC(/C=C(/C)[O-])=Nc1cccc2nsnc12.CC(/C=C(/C)[O-])=Nc1cccc2nsnc12.[Zn+2]. The fraction of sp³-hybridized carbons (Fsp3) is 0.182. The van der Waals surface area contributed by atoms with E-state index in [0.29, 0.717) is 11.4 Å². The Morgan fingerprint density at radius 1 is 0.697 bits per heavy atom. The number of nitrogens with zero attached hydrogens (tertiary/aromatic N) is 6. The van der Waals surface area contributed by atoms with Gasteiger partial charge >= 0.3 is 19.5 Å². The third-order valence-electron chi connectivity index (χ3n) is 3.95. The summed E-state index contributed by atoms with van der Waals surface area (Å²) in [6.07, 6.45) is 3.00. The van der Waals surface area contributed by atoms with Crippen LogP contribution in [0, 0.1) is 0 Å². The van der Waals surface area contributed by atoms with E-state index in [2.05, 4.69) is 27.5 Å². The predicted molar refractivity (Wildman–Crippen MR) is 128 cm³/mol. The number of rotatable bonds is 4. The van der Waals surface area contributed by atoms with E-state index >= 15 is 0 Å². The van der Waals surface area contributed by atoms with Gasteiger partial charge in [-0.2, -0.15) is 17.5 Å². The molecular weight excluding hydrogens is 510 g/mol. The van der Waals surface area contributed by atoms with E-state index in [9.17, 15) is 10.2 Å². The van der Waals surface area contributed by atoms with Gasteiger partial charge in [-0.25, -0.2) is 0 Å². The molecule has 0 aliphatic carbocycles. The maximum absolute atomic E-state index is 10.9. The average molecular weight is 530 g/mol. The Morgan fingerprint density at radius 3 is 1.45 bits per heavy atom. The molecule has 2 aromatic heterocycles. The van der Waals surface area contributed by atoms with Gasteiger partial charge in [0, 0.05) is 11.4 Å². The topological polar surface area (TPSA) is 122 Å². The van der Waals surface area contributed by atoms with Crippen LogP contribution < -0.4 is 10.2 Å². The van der Waals surface area contributed by atoms with Crippen LogP contribution in [0.5, 0.6) is 0 Å². The van der Waals surface area contributed by atoms with Crippen LogP contribution in [0.3, 0.4) is 0 Å². The first-order valence-electron chi connectivity index (χ1n) is 9.57. The fourth-order valence-corrected chi connectivity index (χ4v) is 3.89. The number of fused-ring (bicyclic) bond motifs is 2. The second kappa shape index (κ2) is 12.4. The number of hydrogen-bond donors (Lipinski definition) is 0. The Balaban J connectivity index is 0.000000227. The summed E-state index contributed by atoms with van der Waals surface area (Å²) in [5, 5.41) is 21.8. The second-order valence-electron chi connectivity index (χ2n) is 6.83. The first kappa shape index (κ1) is 26.4. The van der Waals surface area contributed by atoms with Gasteiger partial charge in [-0.1, -0.05) is 38.1 Å². The van der Waals surface area contributed by atoms with E-state index in [0.717, 1.165) is 56.9 Å². The molecule has 11 heteroatoms. The van der Waals surface area contributed by atoms with Gasteiger partial charge in [-0.3, -0.25) is 9.98 Å².